The molecule has 8 aromatic rings. The summed E-state index contributed by atoms with van der Waals surface area (Å²) < 4.78 is 2.64. The van der Waals surface area contributed by atoms with Crippen LogP contribution in [0.3, 0.4) is 0 Å². The van der Waals surface area contributed by atoms with Crippen LogP contribution in [0.1, 0.15) is 0 Å². The van der Waals surface area contributed by atoms with Crippen molar-refractivity contribution in [2.75, 3.05) is 4.90 Å². The quantitative estimate of drug-likeness (QED) is 0.205. The number of anilines is 3. The van der Waals surface area contributed by atoms with Crippen LogP contribution >= 0.6 is 11.3 Å². The maximum atomic E-state index is 2.45. The van der Waals surface area contributed by atoms with Crippen LogP contribution in [0.5, 0.6) is 0 Å². The summed E-state index contributed by atoms with van der Waals surface area (Å²) in [6.07, 6.45) is 0. The molecule has 0 radical (unpaired) electrons. The van der Waals surface area contributed by atoms with Gasteiger partial charge in [0.2, 0.25) is 0 Å². The maximum Gasteiger partial charge on any atom is 0.0540 e. The zero-order chi connectivity index (χ0) is 27.9. The summed E-state index contributed by atoms with van der Waals surface area (Å²) in [5.74, 6) is 0. The van der Waals surface area contributed by atoms with Crippen molar-refractivity contribution in [2.24, 2.45) is 0 Å². The Morgan fingerprint density at radius 1 is 0.357 bits per heavy atom. The van der Waals surface area contributed by atoms with Gasteiger partial charge in [0.25, 0.3) is 0 Å². The predicted molar refractivity (Wildman–Crippen MR) is 182 cm³/mol. The second-order valence-corrected chi connectivity index (χ2v) is 11.6. The zero-order valence-electron chi connectivity index (χ0n) is 22.9. The third-order valence-corrected chi connectivity index (χ3v) is 9.22. The molecule has 0 amide bonds. The van der Waals surface area contributed by atoms with Gasteiger partial charge in [-0.25, -0.2) is 0 Å². The largest absolute Gasteiger partial charge is 0.309 e. The van der Waals surface area contributed by atoms with Crippen molar-refractivity contribution in [3.05, 3.63) is 164 Å². The summed E-state index contributed by atoms with van der Waals surface area (Å²) in [7, 11) is 0. The molecular formula is C40H27NS. The van der Waals surface area contributed by atoms with E-state index in [0.717, 1.165) is 17.1 Å². The highest BCUT2D eigenvalue weighted by molar-refractivity contribution is 7.25. The van der Waals surface area contributed by atoms with Gasteiger partial charge in [0, 0.05) is 36.7 Å². The van der Waals surface area contributed by atoms with Gasteiger partial charge in [0.15, 0.2) is 0 Å². The minimum atomic E-state index is 1.15. The van der Waals surface area contributed by atoms with Gasteiger partial charge in [-0.3, -0.25) is 0 Å². The van der Waals surface area contributed by atoms with Crippen molar-refractivity contribution in [2.45, 2.75) is 0 Å². The molecule has 198 valence electrons. The molecular weight excluding hydrogens is 527 g/mol. The summed E-state index contributed by atoms with van der Waals surface area (Å²) in [4.78, 5) is 2.45. The van der Waals surface area contributed by atoms with E-state index in [1.165, 1.54) is 53.2 Å². The highest BCUT2D eigenvalue weighted by Crippen LogP contribution is 2.47. The lowest BCUT2D eigenvalue weighted by Gasteiger charge is -2.31. The third-order valence-electron chi connectivity index (χ3n) is 8.07. The van der Waals surface area contributed by atoms with Gasteiger partial charge in [-0.15, -0.1) is 11.3 Å². The molecule has 8 rings (SSSR count). The Labute approximate surface area is 249 Å². The van der Waals surface area contributed by atoms with Gasteiger partial charge < -0.3 is 4.90 Å². The fourth-order valence-electron chi connectivity index (χ4n) is 6.13. The summed E-state index contributed by atoms with van der Waals surface area (Å²) in [6.45, 7) is 0. The number of thiophene rings is 1. The molecule has 0 N–H and O–H groups in total. The Hall–Kier alpha value is -5.18. The fraction of sp³-hybridized carbons (Fsp3) is 0. The predicted octanol–water partition coefficient (Wildman–Crippen LogP) is 12.0. The van der Waals surface area contributed by atoms with Crippen LogP contribution in [0.4, 0.5) is 17.1 Å². The van der Waals surface area contributed by atoms with E-state index in [9.17, 15) is 0 Å². The lowest BCUT2D eigenvalue weighted by atomic mass is 9.97. The van der Waals surface area contributed by atoms with E-state index in [1.54, 1.807) is 0 Å². The number of hydrogen-bond donors (Lipinski definition) is 0. The van der Waals surface area contributed by atoms with Crippen LogP contribution in [0.15, 0.2) is 164 Å². The van der Waals surface area contributed by atoms with Crippen LogP contribution < -0.4 is 4.90 Å². The first-order valence-corrected chi connectivity index (χ1v) is 15.1. The standard InChI is InChI=1S/C40H27NS/c1-2-13-28(14-3-1)31-18-6-9-21-36(31)41(38-23-12-16-29-15-4-5-17-32(29)38)37-22-10-7-19-33(37)30-25-26-40-35(27-30)34-20-8-11-24-39(34)42-40/h1-27H. The normalized spacial score (nSPS) is 11.3. The van der Waals surface area contributed by atoms with E-state index in [4.69, 9.17) is 0 Å². The number of nitrogens with zero attached hydrogens (tertiary/aromatic N) is 1. The topological polar surface area (TPSA) is 3.24 Å². The van der Waals surface area contributed by atoms with E-state index < -0.39 is 0 Å². The smallest absolute Gasteiger partial charge is 0.0540 e. The first kappa shape index (κ1) is 24.6. The molecule has 0 atom stereocenters. The Morgan fingerprint density at radius 3 is 1.74 bits per heavy atom. The average molecular weight is 554 g/mol. The minimum absolute atomic E-state index is 1.15. The lowest BCUT2D eigenvalue weighted by Crippen LogP contribution is -2.13. The second-order valence-electron chi connectivity index (χ2n) is 10.5. The van der Waals surface area contributed by atoms with Gasteiger partial charge in [0.05, 0.1) is 17.1 Å². The molecule has 0 saturated heterocycles. The molecule has 0 aliphatic carbocycles. The van der Waals surface area contributed by atoms with Crippen LogP contribution in [-0.4, -0.2) is 0 Å². The molecule has 1 nitrogen and oxygen atoms in total. The second kappa shape index (κ2) is 10.3. The van der Waals surface area contributed by atoms with E-state index >= 15 is 0 Å². The molecule has 0 aliphatic rings. The molecule has 0 aliphatic heterocycles. The van der Waals surface area contributed by atoms with Crippen molar-refractivity contribution in [3.8, 4) is 22.3 Å². The molecule has 1 aromatic heterocycles. The molecule has 0 spiro atoms. The lowest BCUT2D eigenvalue weighted by molar-refractivity contribution is 1.30. The van der Waals surface area contributed by atoms with Crippen molar-refractivity contribution < 1.29 is 0 Å². The summed E-state index contributed by atoms with van der Waals surface area (Å²) in [5.41, 5.74) is 8.26. The maximum absolute atomic E-state index is 2.45. The minimum Gasteiger partial charge on any atom is -0.309 e. The fourth-order valence-corrected chi connectivity index (χ4v) is 7.22. The highest BCUT2D eigenvalue weighted by Gasteiger charge is 2.22. The summed E-state index contributed by atoms with van der Waals surface area (Å²) in [5, 5.41) is 5.07. The van der Waals surface area contributed by atoms with Crippen molar-refractivity contribution in [3.63, 3.8) is 0 Å². The van der Waals surface area contributed by atoms with Gasteiger partial charge in [0.1, 0.15) is 0 Å². The van der Waals surface area contributed by atoms with Gasteiger partial charge >= 0.3 is 0 Å². The molecule has 0 unspecified atom stereocenters. The molecule has 7 aromatic carbocycles. The van der Waals surface area contributed by atoms with E-state index in [1.807, 2.05) is 11.3 Å². The van der Waals surface area contributed by atoms with Gasteiger partial charge in [-0.05, 0) is 52.9 Å². The Kier molecular flexibility index (Phi) is 6.05. The SMILES string of the molecule is c1ccc(-c2ccccc2N(c2ccccc2-c2ccc3sc4ccccc4c3c2)c2cccc3ccccc23)cc1. The summed E-state index contributed by atoms with van der Waals surface area (Å²) in [6, 6.07) is 59.2. The van der Waals surface area contributed by atoms with Gasteiger partial charge in [-0.1, -0.05) is 127 Å². The van der Waals surface area contributed by atoms with Crippen molar-refractivity contribution in [1.29, 1.82) is 0 Å². The van der Waals surface area contributed by atoms with Gasteiger partial charge in [-0.2, -0.15) is 0 Å². The number of rotatable bonds is 5. The summed E-state index contributed by atoms with van der Waals surface area (Å²) >= 11 is 1.86. The third kappa shape index (κ3) is 4.16. The van der Waals surface area contributed by atoms with Crippen LogP contribution in [0, 0.1) is 0 Å². The first-order chi connectivity index (χ1) is 20.8. The molecule has 0 fully saturated rings. The monoisotopic (exact) mass is 553 g/mol. The number of fused-ring (bicyclic) bond motifs is 4. The molecule has 2 heteroatoms. The average Bonchev–Trinajstić information content (AvgIpc) is 3.44. The zero-order valence-corrected chi connectivity index (χ0v) is 23.8. The number of benzene rings is 7. The van der Waals surface area contributed by atoms with Crippen molar-refractivity contribution in [1.82, 2.24) is 0 Å². The van der Waals surface area contributed by atoms with E-state index in [2.05, 4.69) is 169 Å². The van der Waals surface area contributed by atoms with Crippen molar-refractivity contribution >= 4 is 59.3 Å². The molecule has 0 saturated carbocycles. The van der Waals surface area contributed by atoms with Crippen LogP contribution in [0.25, 0.3) is 53.2 Å². The molecule has 42 heavy (non-hydrogen) atoms. The highest BCUT2D eigenvalue weighted by atomic mass is 32.1. The number of hydrogen-bond acceptors (Lipinski definition) is 2. The Balaban J connectivity index is 1.41. The van der Waals surface area contributed by atoms with E-state index in [-0.39, 0.29) is 0 Å². The van der Waals surface area contributed by atoms with E-state index in [0.29, 0.717) is 0 Å². The number of para-hydroxylation sites is 2. The van der Waals surface area contributed by atoms with Crippen LogP contribution in [0.2, 0.25) is 0 Å². The first-order valence-electron chi connectivity index (χ1n) is 14.3. The van der Waals surface area contributed by atoms with Crippen LogP contribution in [-0.2, 0) is 0 Å². The Morgan fingerprint density at radius 2 is 0.929 bits per heavy atom. The molecule has 1 heterocycles. The molecule has 0 bridgehead atoms. The Bertz CT molecular complexity index is 2200.